The number of rotatable bonds is 7. The highest BCUT2D eigenvalue weighted by Gasteiger charge is 2.14. The van der Waals surface area contributed by atoms with Crippen molar-refractivity contribution in [1.82, 2.24) is 5.32 Å². The molecular formula is C18H20FNO2S. The fourth-order valence-corrected chi connectivity index (χ4v) is 3.06. The first kappa shape index (κ1) is 17.5. The number of benzene rings is 2. The van der Waals surface area contributed by atoms with Gasteiger partial charge in [0.05, 0.1) is 12.5 Å². The van der Waals surface area contributed by atoms with Crippen molar-refractivity contribution in [2.75, 3.05) is 6.54 Å². The minimum atomic E-state index is -0.997. The molecule has 0 aromatic heterocycles. The standard InChI is InChI=1S/C18H20FNO2S/c1-13(23-16-8-3-2-4-9-16)12-20-18(22)11-17(21)14-6-5-7-15(19)10-14/h2-10,13,17,21H,11-12H2,1H3,(H,20,22). The summed E-state index contributed by atoms with van der Waals surface area (Å²) in [5.74, 6) is -0.669. The Bertz CT molecular complexity index is 636. The highest BCUT2D eigenvalue weighted by atomic mass is 32.2. The van der Waals surface area contributed by atoms with Crippen molar-refractivity contribution in [2.24, 2.45) is 0 Å². The number of carbonyl (C=O) groups is 1. The van der Waals surface area contributed by atoms with Gasteiger partial charge in [0.15, 0.2) is 0 Å². The van der Waals surface area contributed by atoms with Gasteiger partial charge >= 0.3 is 0 Å². The molecule has 2 N–H and O–H groups in total. The molecule has 2 rings (SSSR count). The molecule has 0 spiro atoms. The van der Waals surface area contributed by atoms with Gasteiger partial charge in [0.2, 0.25) is 5.91 Å². The van der Waals surface area contributed by atoms with Crippen LogP contribution in [0.15, 0.2) is 59.5 Å². The van der Waals surface area contributed by atoms with E-state index in [0.29, 0.717) is 12.1 Å². The molecule has 2 aromatic carbocycles. The van der Waals surface area contributed by atoms with Gasteiger partial charge in [0.1, 0.15) is 5.82 Å². The van der Waals surface area contributed by atoms with Crippen LogP contribution in [0.4, 0.5) is 4.39 Å². The molecule has 0 aliphatic heterocycles. The van der Waals surface area contributed by atoms with E-state index in [1.54, 1.807) is 17.8 Å². The summed E-state index contributed by atoms with van der Waals surface area (Å²) in [5.41, 5.74) is 0.409. The van der Waals surface area contributed by atoms with Gasteiger partial charge in [0, 0.05) is 16.7 Å². The summed E-state index contributed by atoms with van der Waals surface area (Å²) in [4.78, 5) is 13.0. The molecule has 122 valence electrons. The lowest BCUT2D eigenvalue weighted by atomic mass is 10.1. The van der Waals surface area contributed by atoms with Crippen molar-refractivity contribution in [1.29, 1.82) is 0 Å². The molecule has 0 saturated carbocycles. The predicted molar refractivity (Wildman–Crippen MR) is 90.7 cm³/mol. The summed E-state index contributed by atoms with van der Waals surface area (Å²) in [7, 11) is 0. The average Bonchev–Trinajstić information content (AvgIpc) is 2.54. The molecular weight excluding hydrogens is 313 g/mol. The molecule has 0 fully saturated rings. The summed E-state index contributed by atoms with van der Waals surface area (Å²) < 4.78 is 13.1. The lowest BCUT2D eigenvalue weighted by Crippen LogP contribution is -2.30. The van der Waals surface area contributed by atoms with Crippen LogP contribution in [0.5, 0.6) is 0 Å². The fraction of sp³-hybridized carbons (Fsp3) is 0.278. The Morgan fingerprint density at radius 3 is 2.65 bits per heavy atom. The van der Waals surface area contributed by atoms with Gasteiger partial charge in [-0.3, -0.25) is 4.79 Å². The Hall–Kier alpha value is -1.85. The van der Waals surface area contributed by atoms with Crippen LogP contribution in [0.1, 0.15) is 25.0 Å². The number of carbonyl (C=O) groups excluding carboxylic acids is 1. The highest BCUT2D eigenvalue weighted by molar-refractivity contribution is 8.00. The zero-order valence-electron chi connectivity index (χ0n) is 12.9. The Labute approximate surface area is 139 Å². The summed E-state index contributed by atoms with van der Waals surface area (Å²) >= 11 is 1.68. The minimum absolute atomic E-state index is 0.0772. The second kappa shape index (κ2) is 8.70. The third kappa shape index (κ3) is 6.04. The summed E-state index contributed by atoms with van der Waals surface area (Å²) in [6, 6.07) is 15.6. The van der Waals surface area contributed by atoms with Crippen LogP contribution in [-0.4, -0.2) is 22.8 Å². The number of nitrogens with one attached hydrogen (secondary N) is 1. The molecule has 2 aromatic rings. The van der Waals surface area contributed by atoms with Gasteiger partial charge in [-0.2, -0.15) is 0 Å². The normalized spacial score (nSPS) is 13.3. The van der Waals surface area contributed by atoms with Gasteiger partial charge < -0.3 is 10.4 Å². The van der Waals surface area contributed by atoms with E-state index in [-0.39, 0.29) is 17.6 Å². The Balaban J connectivity index is 1.76. The molecule has 0 saturated heterocycles. The van der Waals surface area contributed by atoms with Crippen LogP contribution in [0.2, 0.25) is 0 Å². The monoisotopic (exact) mass is 333 g/mol. The molecule has 0 radical (unpaired) electrons. The number of aliphatic hydroxyl groups is 1. The van der Waals surface area contributed by atoms with Crippen molar-refractivity contribution in [2.45, 2.75) is 29.6 Å². The fourth-order valence-electron chi connectivity index (χ4n) is 2.11. The number of aliphatic hydroxyl groups excluding tert-OH is 1. The molecule has 0 bridgehead atoms. The van der Waals surface area contributed by atoms with E-state index in [9.17, 15) is 14.3 Å². The largest absolute Gasteiger partial charge is 0.388 e. The van der Waals surface area contributed by atoms with E-state index >= 15 is 0 Å². The van der Waals surface area contributed by atoms with E-state index in [2.05, 4.69) is 5.32 Å². The lowest BCUT2D eigenvalue weighted by Gasteiger charge is -2.14. The van der Waals surface area contributed by atoms with Crippen LogP contribution in [0, 0.1) is 5.82 Å². The number of hydrogen-bond acceptors (Lipinski definition) is 3. The van der Waals surface area contributed by atoms with E-state index in [4.69, 9.17) is 0 Å². The molecule has 2 unspecified atom stereocenters. The molecule has 2 atom stereocenters. The van der Waals surface area contributed by atoms with Crippen LogP contribution in [-0.2, 0) is 4.79 Å². The smallest absolute Gasteiger partial charge is 0.222 e. The van der Waals surface area contributed by atoms with E-state index in [0.717, 1.165) is 4.90 Å². The third-order valence-electron chi connectivity index (χ3n) is 3.28. The van der Waals surface area contributed by atoms with E-state index in [1.165, 1.54) is 18.2 Å². The van der Waals surface area contributed by atoms with Crippen LogP contribution < -0.4 is 5.32 Å². The van der Waals surface area contributed by atoms with Crippen molar-refractivity contribution >= 4 is 17.7 Å². The number of thioether (sulfide) groups is 1. The molecule has 0 heterocycles. The quantitative estimate of drug-likeness (QED) is 0.762. The number of hydrogen-bond donors (Lipinski definition) is 2. The number of amides is 1. The first-order valence-corrected chi connectivity index (χ1v) is 8.34. The zero-order chi connectivity index (χ0) is 16.7. The maximum absolute atomic E-state index is 13.1. The maximum Gasteiger partial charge on any atom is 0.222 e. The molecule has 1 amide bonds. The van der Waals surface area contributed by atoms with E-state index < -0.39 is 11.9 Å². The second-order valence-corrected chi connectivity index (χ2v) is 6.83. The predicted octanol–water partition coefficient (Wildman–Crippen LogP) is 3.55. The first-order valence-electron chi connectivity index (χ1n) is 7.46. The first-order chi connectivity index (χ1) is 11.0. The van der Waals surface area contributed by atoms with Crippen molar-refractivity contribution in [3.8, 4) is 0 Å². The van der Waals surface area contributed by atoms with Crippen LogP contribution in [0.3, 0.4) is 0 Å². The zero-order valence-corrected chi connectivity index (χ0v) is 13.7. The summed E-state index contributed by atoms with van der Waals surface area (Å²) in [6.07, 6.45) is -1.07. The number of halogens is 1. The average molecular weight is 333 g/mol. The van der Waals surface area contributed by atoms with Crippen LogP contribution in [0.25, 0.3) is 0 Å². The van der Waals surface area contributed by atoms with Gasteiger partial charge in [0.25, 0.3) is 0 Å². The molecule has 5 heteroatoms. The topological polar surface area (TPSA) is 49.3 Å². The SMILES string of the molecule is CC(CNC(=O)CC(O)c1cccc(F)c1)Sc1ccccc1. The maximum atomic E-state index is 13.1. The van der Waals surface area contributed by atoms with Gasteiger partial charge in [-0.05, 0) is 29.8 Å². The Kier molecular flexibility index (Phi) is 6.62. The van der Waals surface area contributed by atoms with Gasteiger partial charge in [-0.15, -0.1) is 11.8 Å². The second-order valence-electron chi connectivity index (χ2n) is 5.32. The highest BCUT2D eigenvalue weighted by Crippen LogP contribution is 2.22. The lowest BCUT2D eigenvalue weighted by molar-refractivity contribution is -0.123. The van der Waals surface area contributed by atoms with Crippen molar-refractivity contribution < 1.29 is 14.3 Å². The Morgan fingerprint density at radius 2 is 1.96 bits per heavy atom. The van der Waals surface area contributed by atoms with E-state index in [1.807, 2.05) is 37.3 Å². The molecule has 0 aliphatic rings. The summed E-state index contributed by atoms with van der Waals surface area (Å²) in [6.45, 7) is 2.54. The van der Waals surface area contributed by atoms with Gasteiger partial charge in [-0.25, -0.2) is 4.39 Å². The Morgan fingerprint density at radius 1 is 1.22 bits per heavy atom. The minimum Gasteiger partial charge on any atom is -0.388 e. The van der Waals surface area contributed by atoms with Gasteiger partial charge in [-0.1, -0.05) is 37.3 Å². The van der Waals surface area contributed by atoms with Crippen LogP contribution >= 0.6 is 11.8 Å². The molecule has 23 heavy (non-hydrogen) atoms. The molecule has 0 aliphatic carbocycles. The third-order valence-corrected chi connectivity index (χ3v) is 4.39. The van der Waals surface area contributed by atoms with Crippen molar-refractivity contribution in [3.63, 3.8) is 0 Å². The van der Waals surface area contributed by atoms with Crippen molar-refractivity contribution in [3.05, 3.63) is 66.0 Å². The molecule has 3 nitrogen and oxygen atoms in total. The summed E-state index contributed by atoms with van der Waals surface area (Å²) in [5, 5.41) is 13.0.